The van der Waals surface area contributed by atoms with Gasteiger partial charge < -0.3 is 18.7 Å². The Bertz CT molecular complexity index is 824. The number of hydrogen-bond donors (Lipinski definition) is 0. The van der Waals surface area contributed by atoms with Crippen molar-refractivity contribution in [1.29, 1.82) is 0 Å². The minimum Gasteiger partial charge on any atom is -0.467 e. The third-order valence-corrected chi connectivity index (χ3v) is 4.13. The second-order valence-electron chi connectivity index (χ2n) is 5.92. The Morgan fingerprint density at radius 2 is 2.19 bits per heavy atom. The Kier molecular flexibility index (Phi) is 5.17. The lowest BCUT2D eigenvalue weighted by atomic mass is 10.1. The molecule has 0 fully saturated rings. The Hall–Kier alpha value is -2.94. The van der Waals surface area contributed by atoms with Gasteiger partial charge in [0.1, 0.15) is 18.1 Å². The quantitative estimate of drug-likeness (QED) is 0.438. The molecule has 1 aromatic carbocycles. The molecule has 1 aromatic heterocycles. The van der Waals surface area contributed by atoms with E-state index in [1.54, 1.807) is 6.92 Å². The number of nitrogens with zero attached hydrogens (tertiary/aromatic N) is 2. The number of non-ortho nitro benzene ring substituents is 1. The highest BCUT2D eigenvalue weighted by Gasteiger charge is 2.22. The number of aryl methyl sites for hydroxylation is 2. The van der Waals surface area contributed by atoms with E-state index in [1.807, 2.05) is 6.92 Å². The summed E-state index contributed by atoms with van der Waals surface area (Å²) in [6.07, 6.45) is 0.612. The SMILES string of the molecule is Cc1noc(C)c1CCC(=O)OCc1cc([N+](=O)[O-])cc2c1OCOC2. The molecule has 1 aliphatic heterocycles. The number of fused-ring (bicyclic) bond motifs is 1. The van der Waals surface area contributed by atoms with Gasteiger partial charge in [0.2, 0.25) is 0 Å². The zero-order valence-corrected chi connectivity index (χ0v) is 14.4. The summed E-state index contributed by atoms with van der Waals surface area (Å²) < 4.78 is 20.9. The van der Waals surface area contributed by atoms with Crippen molar-refractivity contribution in [2.24, 2.45) is 0 Å². The van der Waals surface area contributed by atoms with Gasteiger partial charge in [0.15, 0.2) is 6.79 Å². The first-order chi connectivity index (χ1) is 12.5. The molecule has 9 nitrogen and oxygen atoms in total. The van der Waals surface area contributed by atoms with Crippen molar-refractivity contribution in [1.82, 2.24) is 5.16 Å². The van der Waals surface area contributed by atoms with Gasteiger partial charge in [-0.3, -0.25) is 14.9 Å². The highest BCUT2D eigenvalue weighted by Crippen LogP contribution is 2.33. The molecule has 0 saturated heterocycles. The van der Waals surface area contributed by atoms with Crippen molar-refractivity contribution < 1.29 is 28.5 Å². The minimum absolute atomic E-state index is 0.0534. The summed E-state index contributed by atoms with van der Waals surface area (Å²) in [5, 5.41) is 14.9. The monoisotopic (exact) mass is 362 g/mol. The zero-order valence-electron chi connectivity index (χ0n) is 14.4. The van der Waals surface area contributed by atoms with Crippen LogP contribution in [0.5, 0.6) is 5.75 Å². The van der Waals surface area contributed by atoms with Gasteiger partial charge in [-0.1, -0.05) is 5.16 Å². The van der Waals surface area contributed by atoms with Crippen LogP contribution in [0.4, 0.5) is 5.69 Å². The van der Waals surface area contributed by atoms with Crippen molar-refractivity contribution in [2.75, 3.05) is 6.79 Å². The van der Waals surface area contributed by atoms with Crippen molar-refractivity contribution in [3.05, 3.63) is 50.4 Å². The standard InChI is InChI=1S/C17H18N2O7/c1-10-15(11(2)26-18-10)3-4-16(20)24-8-13-6-14(19(21)22)5-12-7-23-9-25-17(12)13/h5-6H,3-4,7-9H2,1-2H3. The molecule has 0 saturated carbocycles. The van der Waals surface area contributed by atoms with Gasteiger partial charge in [0.25, 0.3) is 5.69 Å². The van der Waals surface area contributed by atoms with Crippen LogP contribution in [0.2, 0.25) is 0 Å². The topological polar surface area (TPSA) is 114 Å². The molecule has 1 aliphatic rings. The Morgan fingerprint density at radius 1 is 1.38 bits per heavy atom. The maximum absolute atomic E-state index is 12.0. The molecule has 0 N–H and O–H groups in total. The molecule has 138 valence electrons. The van der Waals surface area contributed by atoms with Gasteiger partial charge in [-0.15, -0.1) is 0 Å². The summed E-state index contributed by atoms with van der Waals surface area (Å²) in [7, 11) is 0. The van der Waals surface area contributed by atoms with Crippen molar-refractivity contribution >= 4 is 11.7 Å². The summed E-state index contributed by atoms with van der Waals surface area (Å²) in [6, 6.07) is 2.75. The van der Waals surface area contributed by atoms with E-state index in [1.165, 1.54) is 12.1 Å². The molecule has 0 atom stereocenters. The van der Waals surface area contributed by atoms with Crippen LogP contribution in [0.3, 0.4) is 0 Å². The van der Waals surface area contributed by atoms with Crippen LogP contribution in [0, 0.1) is 24.0 Å². The van der Waals surface area contributed by atoms with Gasteiger partial charge in [-0.2, -0.15) is 0 Å². The lowest BCUT2D eigenvalue weighted by Gasteiger charge is -2.20. The number of benzene rings is 1. The van der Waals surface area contributed by atoms with Gasteiger partial charge in [0, 0.05) is 35.2 Å². The molecular formula is C17H18N2O7. The van der Waals surface area contributed by atoms with Gasteiger partial charge in [0.05, 0.1) is 17.2 Å². The number of aromatic nitrogens is 1. The summed E-state index contributed by atoms with van der Waals surface area (Å²) in [5.74, 6) is 0.731. The van der Waals surface area contributed by atoms with Crippen LogP contribution in [0.25, 0.3) is 0 Å². The lowest BCUT2D eigenvalue weighted by molar-refractivity contribution is -0.385. The van der Waals surface area contributed by atoms with Gasteiger partial charge >= 0.3 is 5.97 Å². The maximum atomic E-state index is 12.0. The second-order valence-corrected chi connectivity index (χ2v) is 5.92. The van der Waals surface area contributed by atoms with Crippen molar-refractivity contribution in [2.45, 2.75) is 39.9 Å². The first-order valence-corrected chi connectivity index (χ1v) is 8.04. The molecular weight excluding hydrogens is 344 g/mol. The van der Waals surface area contributed by atoms with E-state index in [0.29, 0.717) is 29.1 Å². The fourth-order valence-corrected chi connectivity index (χ4v) is 2.81. The molecule has 9 heteroatoms. The number of rotatable bonds is 6. The minimum atomic E-state index is -0.502. The first-order valence-electron chi connectivity index (χ1n) is 8.04. The van der Waals surface area contributed by atoms with Crippen LogP contribution in [-0.4, -0.2) is 22.8 Å². The average molecular weight is 362 g/mol. The fraction of sp³-hybridized carbons (Fsp3) is 0.412. The molecule has 0 aliphatic carbocycles. The summed E-state index contributed by atoms with van der Waals surface area (Å²) >= 11 is 0. The molecule has 0 bridgehead atoms. The predicted octanol–water partition coefficient (Wildman–Crippen LogP) is 2.74. The van der Waals surface area contributed by atoms with Gasteiger partial charge in [-0.05, 0) is 20.3 Å². The molecule has 0 amide bonds. The van der Waals surface area contributed by atoms with Crippen LogP contribution in [0.1, 0.15) is 34.6 Å². The average Bonchev–Trinajstić information content (AvgIpc) is 2.95. The van der Waals surface area contributed by atoms with E-state index in [2.05, 4.69) is 5.16 Å². The number of hydrogen-bond acceptors (Lipinski definition) is 8. The summed E-state index contributed by atoms with van der Waals surface area (Å²) in [5.41, 5.74) is 2.54. The largest absolute Gasteiger partial charge is 0.467 e. The molecule has 0 radical (unpaired) electrons. The summed E-state index contributed by atoms with van der Waals surface area (Å²) in [4.78, 5) is 22.6. The van der Waals surface area contributed by atoms with E-state index in [9.17, 15) is 14.9 Å². The predicted molar refractivity (Wildman–Crippen MR) is 87.5 cm³/mol. The fourth-order valence-electron chi connectivity index (χ4n) is 2.81. The molecule has 3 rings (SSSR count). The van der Waals surface area contributed by atoms with Crippen LogP contribution < -0.4 is 4.74 Å². The number of nitro groups is 1. The van der Waals surface area contributed by atoms with Gasteiger partial charge in [-0.25, -0.2) is 0 Å². The molecule has 0 unspecified atom stereocenters. The highest BCUT2D eigenvalue weighted by molar-refractivity contribution is 5.70. The Morgan fingerprint density at radius 3 is 2.88 bits per heavy atom. The molecule has 26 heavy (non-hydrogen) atoms. The van der Waals surface area contributed by atoms with E-state index >= 15 is 0 Å². The van der Waals surface area contributed by atoms with Crippen LogP contribution >= 0.6 is 0 Å². The Labute approximate surface area is 149 Å². The number of ether oxygens (including phenoxy) is 3. The third kappa shape index (κ3) is 3.83. The third-order valence-electron chi connectivity index (χ3n) is 4.13. The highest BCUT2D eigenvalue weighted by atomic mass is 16.7. The smallest absolute Gasteiger partial charge is 0.306 e. The van der Waals surface area contributed by atoms with E-state index in [4.69, 9.17) is 18.7 Å². The second kappa shape index (κ2) is 7.52. The first kappa shape index (κ1) is 17.9. The number of carbonyl (C=O) groups is 1. The molecule has 2 heterocycles. The number of nitro benzene ring substituents is 1. The molecule has 2 aromatic rings. The lowest BCUT2D eigenvalue weighted by Crippen LogP contribution is -2.15. The number of esters is 1. The van der Waals surface area contributed by atoms with Crippen LogP contribution in [0.15, 0.2) is 16.7 Å². The van der Waals surface area contributed by atoms with Crippen molar-refractivity contribution in [3.8, 4) is 5.75 Å². The summed E-state index contributed by atoms with van der Waals surface area (Å²) in [6.45, 7) is 3.76. The number of carbonyl (C=O) groups excluding carboxylic acids is 1. The van der Waals surface area contributed by atoms with E-state index < -0.39 is 10.9 Å². The normalized spacial score (nSPS) is 13.0. The maximum Gasteiger partial charge on any atom is 0.306 e. The molecule has 0 spiro atoms. The Balaban J connectivity index is 1.66. The van der Waals surface area contributed by atoms with Crippen LogP contribution in [-0.2, 0) is 33.9 Å². The van der Waals surface area contributed by atoms with E-state index in [-0.39, 0.29) is 32.1 Å². The van der Waals surface area contributed by atoms with Crippen molar-refractivity contribution in [3.63, 3.8) is 0 Å². The zero-order chi connectivity index (χ0) is 18.7. The van der Waals surface area contributed by atoms with E-state index in [0.717, 1.165) is 11.3 Å².